The average molecular weight is 382 g/mol. The summed E-state index contributed by atoms with van der Waals surface area (Å²) in [6.07, 6.45) is 3.49. The highest BCUT2D eigenvalue weighted by atomic mass is 16.6. The van der Waals surface area contributed by atoms with E-state index in [9.17, 15) is 0 Å². The number of aromatic nitrogens is 4. The van der Waals surface area contributed by atoms with Crippen molar-refractivity contribution in [2.45, 2.75) is 6.54 Å². The molecule has 0 saturated carbocycles. The summed E-state index contributed by atoms with van der Waals surface area (Å²) >= 11 is 0. The number of methoxy groups -OCH3 is 1. The molecule has 0 aliphatic carbocycles. The molecule has 6 heteroatoms. The second-order valence-electron chi connectivity index (χ2n) is 6.77. The van der Waals surface area contributed by atoms with Gasteiger partial charge in [0, 0.05) is 17.7 Å². The number of hydrogen-bond acceptors (Lipinski definition) is 5. The monoisotopic (exact) mass is 382 g/mol. The standard InChI is InChI=1S/C23H18N4O2/c1-28-23-10-9-16(14-27-15-24-20-7-2-3-8-22(20)27)11-19(23)17-5-4-6-18(12-17)21-13-25-29-26-21/h2-13,15H,14H2,1H3. The fourth-order valence-corrected chi connectivity index (χ4v) is 3.55. The van der Waals surface area contributed by atoms with E-state index in [0.29, 0.717) is 5.69 Å². The normalized spacial score (nSPS) is 11.1. The lowest BCUT2D eigenvalue weighted by atomic mass is 9.99. The second-order valence-corrected chi connectivity index (χ2v) is 6.77. The molecule has 0 aliphatic heterocycles. The van der Waals surface area contributed by atoms with Crippen LogP contribution in [0.25, 0.3) is 33.4 Å². The van der Waals surface area contributed by atoms with E-state index in [-0.39, 0.29) is 0 Å². The Labute approximate surface area is 167 Å². The molecule has 0 atom stereocenters. The van der Waals surface area contributed by atoms with E-state index in [2.05, 4.69) is 50.2 Å². The maximum Gasteiger partial charge on any atom is 0.135 e. The summed E-state index contributed by atoms with van der Waals surface area (Å²) in [6, 6.07) is 22.5. The predicted molar refractivity (Wildman–Crippen MR) is 111 cm³/mol. The summed E-state index contributed by atoms with van der Waals surface area (Å²) in [6.45, 7) is 0.727. The van der Waals surface area contributed by atoms with Gasteiger partial charge in [0.05, 0.1) is 30.7 Å². The maximum atomic E-state index is 5.63. The Morgan fingerprint density at radius 2 is 1.86 bits per heavy atom. The van der Waals surface area contributed by atoms with E-state index in [1.165, 1.54) is 0 Å². The fourth-order valence-electron chi connectivity index (χ4n) is 3.55. The average Bonchev–Trinajstić information content (AvgIpc) is 3.45. The lowest BCUT2D eigenvalue weighted by Crippen LogP contribution is -1.99. The van der Waals surface area contributed by atoms with Crippen molar-refractivity contribution < 1.29 is 9.37 Å². The highest BCUT2D eigenvalue weighted by molar-refractivity contribution is 5.77. The van der Waals surface area contributed by atoms with E-state index in [1.54, 1.807) is 13.3 Å². The molecular formula is C23H18N4O2. The first-order valence-corrected chi connectivity index (χ1v) is 9.27. The SMILES string of the molecule is COc1ccc(Cn2cnc3ccccc32)cc1-c1cccc(-c2cnon2)c1. The Balaban J connectivity index is 1.54. The quantitative estimate of drug-likeness (QED) is 0.436. The van der Waals surface area contributed by atoms with Crippen LogP contribution in [0.4, 0.5) is 0 Å². The number of nitrogens with zero attached hydrogens (tertiary/aromatic N) is 4. The Bertz CT molecular complexity index is 1280. The van der Waals surface area contributed by atoms with Gasteiger partial charge in [0.15, 0.2) is 0 Å². The number of benzene rings is 3. The molecule has 0 fully saturated rings. The molecule has 0 N–H and O–H groups in total. The summed E-state index contributed by atoms with van der Waals surface area (Å²) in [7, 11) is 1.69. The van der Waals surface area contributed by atoms with E-state index >= 15 is 0 Å². The van der Waals surface area contributed by atoms with Crippen LogP contribution in [-0.4, -0.2) is 27.0 Å². The largest absolute Gasteiger partial charge is 0.496 e. The van der Waals surface area contributed by atoms with Gasteiger partial charge in [0.25, 0.3) is 0 Å². The van der Waals surface area contributed by atoms with Gasteiger partial charge in [0.1, 0.15) is 11.4 Å². The first kappa shape index (κ1) is 17.2. The van der Waals surface area contributed by atoms with Crippen LogP contribution in [0.2, 0.25) is 0 Å². The van der Waals surface area contributed by atoms with Crippen molar-refractivity contribution in [3.63, 3.8) is 0 Å². The van der Waals surface area contributed by atoms with Gasteiger partial charge < -0.3 is 9.30 Å². The van der Waals surface area contributed by atoms with Crippen LogP contribution in [-0.2, 0) is 6.54 Å². The molecule has 0 aliphatic rings. The highest BCUT2D eigenvalue weighted by Gasteiger charge is 2.11. The topological polar surface area (TPSA) is 66.0 Å². The first-order valence-electron chi connectivity index (χ1n) is 9.27. The molecule has 5 rings (SSSR count). The Kier molecular flexibility index (Phi) is 4.29. The molecule has 29 heavy (non-hydrogen) atoms. The predicted octanol–water partition coefficient (Wildman–Crippen LogP) is 4.81. The van der Waals surface area contributed by atoms with E-state index < -0.39 is 0 Å². The first-order chi connectivity index (χ1) is 14.3. The van der Waals surface area contributed by atoms with Crippen molar-refractivity contribution in [2.24, 2.45) is 0 Å². The Morgan fingerprint density at radius 3 is 2.72 bits per heavy atom. The van der Waals surface area contributed by atoms with Gasteiger partial charge in [-0.3, -0.25) is 0 Å². The van der Waals surface area contributed by atoms with Crippen molar-refractivity contribution in [1.29, 1.82) is 0 Å². The number of para-hydroxylation sites is 2. The molecule has 0 bridgehead atoms. The van der Waals surface area contributed by atoms with Crippen molar-refractivity contribution in [3.8, 4) is 28.1 Å². The number of imidazole rings is 1. The zero-order valence-electron chi connectivity index (χ0n) is 15.8. The lowest BCUT2D eigenvalue weighted by Gasteiger charge is -2.13. The molecule has 2 aromatic heterocycles. The van der Waals surface area contributed by atoms with E-state index in [0.717, 1.165) is 45.6 Å². The molecule has 3 aromatic carbocycles. The molecule has 6 nitrogen and oxygen atoms in total. The van der Waals surface area contributed by atoms with Crippen molar-refractivity contribution >= 4 is 11.0 Å². The molecule has 142 valence electrons. The maximum absolute atomic E-state index is 5.63. The van der Waals surface area contributed by atoms with Gasteiger partial charge in [-0.05, 0) is 46.6 Å². The second kappa shape index (κ2) is 7.24. The fraction of sp³-hybridized carbons (Fsp3) is 0.0870. The molecule has 5 aromatic rings. The Morgan fingerprint density at radius 1 is 0.966 bits per heavy atom. The van der Waals surface area contributed by atoms with Gasteiger partial charge in [0.2, 0.25) is 0 Å². The zero-order valence-corrected chi connectivity index (χ0v) is 15.8. The summed E-state index contributed by atoms with van der Waals surface area (Å²) in [5, 5.41) is 7.63. The van der Waals surface area contributed by atoms with Gasteiger partial charge in [-0.25, -0.2) is 9.61 Å². The summed E-state index contributed by atoms with van der Waals surface area (Å²) < 4.78 is 12.5. The van der Waals surface area contributed by atoms with Crippen LogP contribution in [0.3, 0.4) is 0 Å². The lowest BCUT2D eigenvalue weighted by molar-refractivity contribution is 0.308. The van der Waals surface area contributed by atoms with Crippen molar-refractivity contribution in [2.75, 3.05) is 7.11 Å². The number of rotatable bonds is 5. The van der Waals surface area contributed by atoms with Gasteiger partial charge in [-0.15, -0.1) is 0 Å². The zero-order chi connectivity index (χ0) is 19.6. The molecule has 0 unspecified atom stereocenters. The summed E-state index contributed by atoms with van der Waals surface area (Å²) in [5.74, 6) is 0.819. The molecule has 2 heterocycles. The van der Waals surface area contributed by atoms with Crippen LogP contribution in [0.5, 0.6) is 5.75 Å². The van der Waals surface area contributed by atoms with Crippen LogP contribution < -0.4 is 4.74 Å². The minimum Gasteiger partial charge on any atom is -0.496 e. The molecule has 0 spiro atoms. The van der Waals surface area contributed by atoms with Crippen LogP contribution in [0.15, 0.2) is 83.9 Å². The minimum atomic E-state index is 0.701. The third kappa shape index (κ3) is 3.25. The minimum absolute atomic E-state index is 0.701. The number of ether oxygens (including phenoxy) is 1. The number of fused-ring (bicyclic) bond motifs is 1. The summed E-state index contributed by atoms with van der Waals surface area (Å²) in [4.78, 5) is 4.49. The van der Waals surface area contributed by atoms with Gasteiger partial charge in [-0.2, -0.15) is 0 Å². The Hall–Kier alpha value is -3.93. The van der Waals surface area contributed by atoms with E-state index in [4.69, 9.17) is 9.37 Å². The van der Waals surface area contributed by atoms with Crippen LogP contribution in [0, 0.1) is 0 Å². The molecule has 0 amide bonds. The van der Waals surface area contributed by atoms with Crippen molar-refractivity contribution in [1.82, 2.24) is 19.9 Å². The molecular weight excluding hydrogens is 364 g/mol. The van der Waals surface area contributed by atoms with Gasteiger partial charge >= 0.3 is 0 Å². The third-order valence-corrected chi connectivity index (χ3v) is 4.97. The van der Waals surface area contributed by atoms with E-state index in [1.807, 2.05) is 42.7 Å². The van der Waals surface area contributed by atoms with Crippen molar-refractivity contribution in [3.05, 3.63) is 84.8 Å². The van der Waals surface area contributed by atoms with Gasteiger partial charge in [-0.1, -0.05) is 41.6 Å². The van der Waals surface area contributed by atoms with Crippen LogP contribution in [0.1, 0.15) is 5.56 Å². The third-order valence-electron chi connectivity index (χ3n) is 4.97. The van der Waals surface area contributed by atoms with Crippen LogP contribution >= 0.6 is 0 Å². The molecule has 0 radical (unpaired) electrons. The highest BCUT2D eigenvalue weighted by Crippen LogP contribution is 2.33. The number of hydrogen-bond donors (Lipinski definition) is 0. The molecule has 0 saturated heterocycles. The summed E-state index contributed by atoms with van der Waals surface area (Å²) in [5.41, 5.74) is 6.98. The smallest absolute Gasteiger partial charge is 0.135 e.